The Balaban J connectivity index is 2.01. The molecular weight excluding hydrogens is 278 g/mol. The highest BCUT2D eigenvalue weighted by molar-refractivity contribution is 5.92. The summed E-state index contributed by atoms with van der Waals surface area (Å²) in [4.78, 5) is 36.9. The summed E-state index contributed by atoms with van der Waals surface area (Å²) in [6.45, 7) is 8.55. The maximum atomic E-state index is 12.4. The highest BCUT2D eigenvalue weighted by Gasteiger charge is 2.53. The summed E-state index contributed by atoms with van der Waals surface area (Å²) in [7, 11) is 0. The van der Waals surface area contributed by atoms with Crippen molar-refractivity contribution >= 4 is 17.6 Å². The monoisotopic (exact) mass is 308 g/mol. The van der Waals surface area contributed by atoms with E-state index in [2.05, 4.69) is 0 Å². The molecule has 0 bridgehead atoms. The molecule has 2 amide bonds. The van der Waals surface area contributed by atoms with Gasteiger partial charge in [0.05, 0.1) is 25.4 Å². The van der Waals surface area contributed by atoms with Crippen LogP contribution in [0.5, 0.6) is 0 Å². The third kappa shape index (κ3) is 3.03. The van der Waals surface area contributed by atoms with Crippen molar-refractivity contribution in [1.29, 1.82) is 0 Å². The number of imide groups is 1. The predicted octanol–water partition coefficient (Wildman–Crippen LogP) is 3.09. The molecule has 0 radical (unpaired) electrons. The van der Waals surface area contributed by atoms with Crippen LogP contribution in [-0.4, -0.2) is 34.7 Å². The van der Waals surface area contributed by atoms with Gasteiger partial charge in [-0.25, -0.2) is 9.59 Å². The summed E-state index contributed by atoms with van der Waals surface area (Å²) in [5.41, 5.74) is 0. The Bertz CT molecular complexity index is 443. The Morgan fingerprint density at radius 1 is 1.00 bits per heavy atom. The fourth-order valence-electron chi connectivity index (χ4n) is 4.25. The molecule has 2 aliphatic rings. The average Bonchev–Trinajstić information content (AvgIpc) is 2.76. The number of nitrogens with zero attached hydrogens (tertiary/aromatic N) is 1. The minimum atomic E-state index is 0.0255. The number of carbonyl (C=O) groups is 3. The van der Waals surface area contributed by atoms with Gasteiger partial charge in [-0.05, 0) is 39.5 Å². The van der Waals surface area contributed by atoms with Gasteiger partial charge in [0, 0.05) is 17.8 Å². The number of carbonyl (C=O) groups excluding carboxylic acids is 3. The molecule has 2 rings (SSSR count). The van der Waals surface area contributed by atoms with Gasteiger partial charge in [-0.1, -0.05) is 13.8 Å². The lowest BCUT2D eigenvalue weighted by molar-refractivity contribution is -0.800. The Hall–Kier alpha value is -1.03. The van der Waals surface area contributed by atoms with Gasteiger partial charge in [0.15, 0.2) is 0 Å². The predicted molar refractivity (Wildman–Crippen MR) is 84.8 cm³/mol. The molecule has 0 spiro atoms. The van der Waals surface area contributed by atoms with E-state index in [9.17, 15) is 14.4 Å². The molecule has 0 unspecified atom stereocenters. The van der Waals surface area contributed by atoms with Crippen LogP contribution < -0.4 is 0 Å². The average molecular weight is 308 g/mol. The molecule has 4 nitrogen and oxygen atoms in total. The molecule has 1 saturated heterocycles. The van der Waals surface area contributed by atoms with E-state index in [1.54, 1.807) is 0 Å². The van der Waals surface area contributed by atoms with Crippen LogP contribution in [0, 0.1) is 17.8 Å². The van der Waals surface area contributed by atoms with Crippen LogP contribution in [0.15, 0.2) is 0 Å². The van der Waals surface area contributed by atoms with E-state index < -0.39 is 0 Å². The fraction of sp³-hybridized carbons (Fsp3) is 0.833. The van der Waals surface area contributed by atoms with Gasteiger partial charge in [-0.15, -0.1) is 0 Å². The number of hydrogen-bond acceptors (Lipinski definition) is 3. The molecule has 1 aliphatic carbocycles. The summed E-state index contributed by atoms with van der Waals surface area (Å²) >= 11 is 0. The van der Waals surface area contributed by atoms with Gasteiger partial charge >= 0.3 is 11.8 Å². The number of ketones is 1. The Morgan fingerprint density at radius 2 is 1.50 bits per heavy atom. The van der Waals surface area contributed by atoms with Gasteiger partial charge in [0.2, 0.25) is 0 Å². The zero-order valence-electron chi connectivity index (χ0n) is 14.4. The SMILES string of the molecule is CC(C)C(=O)C1CCC(C[N+]2(C(C)C)C(=O)CCC2=O)CC1. The minimum Gasteiger partial charge on any atom is -0.299 e. The van der Waals surface area contributed by atoms with Crippen molar-refractivity contribution in [1.82, 2.24) is 0 Å². The van der Waals surface area contributed by atoms with Crippen molar-refractivity contribution in [3.05, 3.63) is 0 Å². The second-order valence-electron chi connectivity index (χ2n) is 7.71. The lowest BCUT2D eigenvalue weighted by atomic mass is 9.77. The highest BCUT2D eigenvalue weighted by atomic mass is 16.2. The first-order valence-corrected chi connectivity index (χ1v) is 8.77. The van der Waals surface area contributed by atoms with Gasteiger partial charge in [0.25, 0.3) is 0 Å². The number of amides is 2. The summed E-state index contributed by atoms with van der Waals surface area (Å²) in [5, 5.41) is 0. The number of Topliss-reactive ketones (excluding diaryl/α,β-unsaturated/α-hetero) is 1. The van der Waals surface area contributed by atoms with Crippen LogP contribution in [0.25, 0.3) is 0 Å². The molecule has 1 aliphatic heterocycles. The molecule has 0 aromatic carbocycles. The first-order chi connectivity index (χ1) is 10.3. The third-order valence-corrected chi connectivity index (χ3v) is 5.69. The Morgan fingerprint density at radius 3 is 1.91 bits per heavy atom. The van der Waals surface area contributed by atoms with Gasteiger partial charge in [0.1, 0.15) is 5.78 Å². The number of hydrogen-bond donors (Lipinski definition) is 0. The maximum absolute atomic E-state index is 12.4. The summed E-state index contributed by atoms with van der Waals surface area (Å²) < 4.78 is 0.0491. The van der Waals surface area contributed by atoms with E-state index in [4.69, 9.17) is 0 Å². The smallest absolute Gasteiger partial charge is 0.299 e. The summed E-state index contributed by atoms with van der Waals surface area (Å²) in [6.07, 6.45) is 4.58. The second kappa shape index (κ2) is 6.61. The maximum Gasteiger partial charge on any atom is 0.321 e. The number of likely N-dealkylation sites (tertiary alicyclic amines) is 1. The van der Waals surface area contributed by atoms with E-state index >= 15 is 0 Å². The van der Waals surface area contributed by atoms with Gasteiger partial charge < -0.3 is 0 Å². The van der Waals surface area contributed by atoms with Crippen LogP contribution in [-0.2, 0) is 14.4 Å². The molecule has 124 valence electrons. The normalized spacial score (nSPS) is 28.6. The zero-order chi connectivity index (χ0) is 16.5. The second-order valence-corrected chi connectivity index (χ2v) is 7.71. The number of rotatable bonds is 5. The standard InChI is InChI=1S/C18H30NO3/c1-12(2)18(22)15-7-5-14(6-8-15)11-19(13(3)4)16(20)9-10-17(19)21/h12-15H,5-11H2,1-4H3/q+1. The highest BCUT2D eigenvalue weighted by Crippen LogP contribution is 2.36. The van der Waals surface area contributed by atoms with Crippen molar-refractivity contribution in [3.8, 4) is 0 Å². The molecule has 1 heterocycles. The quantitative estimate of drug-likeness (QED) is 0.579. The van der Waals surface area contributed by atoms with E-state index in [1.165, 1.54) is 0 Å². The molecule has 22 heavy (non-hydrogen) atoms. The topological polar surface area (TPSA) is 51.2 Å². The fourth-order valence-corrected chi connectivity index (χ4v) is 4.25. The summed E-state index contributed by atoms with van der Waals surface area (Å²) in [5.74, 6) is 1.26. The largest absolute Gasteiger partial charge is 0.321 e. The molecular formula is C18H30NO3+. The molecule has 0 N–H and O–H groups in total. The molecule has 1 saturated carbocycles. The Kier molecular flexibility index (Phi) is 5.21. The first kappa shape index (κ1) is 17.3. The van der Waals surface area contributed by atoms with E-state index in [0.29, 0.717) is 31.1 Å². The van der Waals surface area contributed by atoms with Crippen molar-refractivity contribution in [2.45, 2.75) is 72.3 Å². The molecule has 2 fully saturated rings. The molecule has 0 aromatic rings. The molecule has 0 aromatic heterocycles. The van der Waals surface area contributed by atoms with Gasteiger partial charge in [-0.2, -0.15) is 4.48 Å². The van der Waals surface area contributed by atoms with Crippen molar-refractivity contribution in [3.63, 3.8) is 0 Å². The lowest BCUT2D eigenvalue weighted by Crippen LogP contribution is -2.59. The van der Waals surface area contributed by atoms with Crippen LogP contribution in [0.4, 0.5) is 0 Å². The first-order valence-electron chi connectivity index (χ1n) is 8.77. The van der Waals surface area contributed by atoms with Crippen LogP contribution in [0.2, 0.25) is 0 Å². The summed E-state index contributed by atoms with van der Waals surface area (Å²) in [6, 6.07) is 0.0255. The van der Waals surface area contributed by atoms with E-state index in [0.717, 1.165) is 25.7 Å². The van der Waals surface area contributed by atoms with Crippen molar-refractivity contribution in [2.75, 3.05) is 6.54 Å². The van der Waals surface area contributed by atoms with Crippen LogP contribution in [0.3, 0.4) is 0 Å². The minimum absolute atomic E-state index is 0.0255. The third-order valence-electron chi connectivity index (χ3n) is 5.69. The van der Waals surface area contributed by atoms with Crippen LogP contribution >= 0.6 is 0 Å². The van der Waals surface area contributed by atoms with E-state index in [1.807, 2.05) is 27.7 Å². The van der Waals surface area contributed by atoms with Gasteiger partial charge in [-0.3, -0.25) is 4.79 Å². The number of quaternary nitrogens is 1. The Labute approximate surface area is 133 Å². The van der Waals surface area contributed by atoms with Crippen molar-refractivity contribution < 1.29 is 18.9 Å². The van der Waals surface area contributed by atoms with E-state index in [-0.39, 0.29) is 34.2 Å². The molecule has 4 heteroatoms. The van der Waals surface area contributed by atoms with Crippen LogP contribution in [0.1, 0.15) is 66.2 Å². The van der Waals surface area contributed by atoms with Crippen molar-refractivity contribution in [2.24, 2.45) is 17.8 Å². The zero-order valence-corrected chi connectivity index (χ0v) is 14.4. The molecule has 0 atom stereocenters. The lowest BCUT2D eigenvalue weighted by Gasteiger charge is -2.38.